The van der Waals surface area contributed by atoms with Gasteiger partial charge in [-0.25, -0.2) is 4.98 Å². The highest BCUT2D eigenvalue weighted by Crippen LogP contribution is 2.34. The van der Waals surface area contributed by atoms with E-state index in [1.54, 1.807) is 12.1 Å². The number of nitrogen functional groups attached to an aromatic ring is 1. The minimum absolute atomic E-state index is 0.00251. The van der Waals surface area contributed by atoms with Crippen molar-refractivity contribution in [1.82, 2.24) is 14.9 Å². The minimum Gasteiger partial charge on any atom is -0.493 e. The first kappa shape index (κ1) is 13.6. The number of furan rings is 1. The van der Waals surface area contributed by atoms with Crippen LogP contribution in [0.3, 0.4) is 0 Å². The molecule has 0 radical (unpaired) electrons. The van der Waals surface area contributed by atoms with Gasteiger partial charge in [0.2, 0.25) is 5.95 Å². The fourth-order valence-corrected chi connectivity index (χ4v) is 2.83. The Morgan fingerprint density at radius 3 is 2.57 bits per heavy atom. The van der Waals surface area contributed by atoms with Crippen LogP contribution >= 0.6 is 0 Å². The fraction of sp³-hybridized carbons (Fsp3) is 0.316. The first-order chi connectivity index (χ1) is 15.1. The van der Waals surface area contributed by atoms with Crippen molar-refractivity contribution in [1.29, 1.82) is 0 Å². The van der Waals surface area contributed by atoms with E-state index in [0.29, 0.717) is 22.4 Å². The summed E-state index contributed by atoms with van der Waals surface area (Å²) in [4.78, 5) is 23.0. The molecule has 2 N–H and O–H groups in total. The Kier molecular flexibility index (Phi) is 3.54. The highest BCUT2D eigenvalue weighted by molar-refractivity contribution is 5.92. The third kappa shape index (κ3) is 3.15. The van der Waals surface area contributed by atoms with Crippen LogP contribution in [0.15, 0.2) is 34.9 Å². The molecule has 9 heteroatoms. The number of carbonyl (C=O) groups is 1. The minimum atomic E-state index is -2.35. The second-order valence-electron chi connectivity index (χ2n) is 5.92. The third-order valence-corrected chi connectivity index (χ3v) is 4.28. The summed E-state index contributed by atoms with van der Waals surface area (Å²) in [5.41, 5.74) is 6.42. The molecule has 1 aliphatic heterocycles. The molecule has 1 aromatic carbocycles. The SMILES string of the molecule is [2H]C1([2H])CN(C(=O)c2ccco2)CC([2H])([2H])N1c1nc(N)c2cc(OC)c(OC)cc2n1. The Morgan fingerprint density at radius 1 is 1.21 bits per heavy atom. The molecule has 0 bridgehead atoms. The average Bonchev–Trinajstić information content (AvgIpc) is 3.25. The number of anilines is 2. The molecule has 1 fully saturated rings. The summed E-state index contributed by atoms with van der Waals surface area (Å²) in [6.07, 6.45) is 1.32. The maximum absolute atomic E-state index is 12.6. The van der Waals surface area contributed by atoms with E-state index in [2.05, 4.69) is 9.97 Å². The molecule has 4 rings (SSSR count). The van der Waals surface area contributed by atoms with Crippen molar-refractivity contribution in [3.8, 4) is 11.5 Å². The molecule has 3 heterocycles. The monoisotopic (exact) mass is 387 g/mol. The van der Waals surface area contributed by atoms with Gasteiger partial charge in [0.05, 0.1) is 31.5 Å². The van der Waals surface area contributed by atoms with E-state index < -0.39 is 32.0 Å². The number of fused-ring (bicyclic) bond motifs is 1. The lowest BCUT2D eigenvalue weighted by atomic mass is 10.2. The van der Waals surface area contributed by atoms with E-state index in [1.165, 1.54) is 32.6 Å². The van der Waals surface area contributed by atoms with Crippen molar-refractivity contribution in [2.75, 3.05) is 50.9 Å². The van der Waals surface area contributed by atoms with Gasteiger partial charge >= 0.3 is 0 Å². The average molecular weight is 387 g/mol. The van der Waals surface area contributed by atoms with Gasteiger partial charge in [-0.3, -0.25) is 4.79 Å². The van der Waals surface area contributed by atoms with Crippen LogP contribution in [-0.4, -0.2) is 61.1 Å². The Balaban J connectivity index is 1.76. The predicted octanol–water partition coefficient (Wildman–Crippen LogP) is 1.78. The zero-order chi connectivity index (χ0) is 23.3. The van der Waals surface area contributed by atoms with Gasteiger partial charge in [-0.2, -0.15) is 4.98 Å². The highest BCUT2D eigenvalue weighted by Gasteiger charge is 2.25. The zero-order valence-electron chi connectivity index (χ0n) is 19.3. The van der Waals surface area contributed by atoms with Gasteiger partial charge in [0.25, 0.3) is 5.91 Å². The molecule has 0 spiro atoms. The Morgan fingerprint density at radius 2 is 1.93 bits per heavy atom. The number of methoxy groups -OCH3 is 2. The van der Waals surface area contributed by atoms with Crippen molar-refractivity contribution >= 4 is 28.6 Å². The van der Waals surface area contributed by atoms with E-state index in [-0.39, 0.29) is 17.5 Å². The second kappa shape index (κ2) is 7.26. The number of nitrogens with two attached hydrogens (primary N) is 1. The zero-order valence-corrected chi connectivity index (χ0v) is 15.3. The van der Waals surface area contributed by atoms with Crippen molar-refractivity contribution in [2.24, 2.45) is 0 Å². The first-order valence-electron chi connectivity index (χ1n) is 10.4. The van der Waals surface area contributed by atoms with Crippen LogP contribution in [0.1, 0.15) is 16.0 Å². The van der Waals surface area contributed by atoms with Crippen LogP contribution in [0.5, 0.6) is 11.5 Å². The van der Waals surface area contributed by atoms with Crippen LogP contribution in [-0.2, 0) is 0 Å². The Hall–Kier alpha value is -3.49. The number of aromatic nitrogens is 2. The molecular weight excluding hydrogens is 362 g/mol. The van der Waals surface area contributed by atoms with E-state index >= 15 is 0 Å². The number of benzene rings is 1. The summed E-state index contributed by atoms with van der Waals surface area (Å²) >= 11 is 0. The predicted molar refractivity (Wildman–Crippen MR) is 104 cm³/mol. The van der Waals surface area contributed by atoms with Crippen LogP contribution in [0, 0.1) is 0 Å². The number of ether oxygens (including phenoxy) is 2. The van der Waals surface area contributed by atoms with Gasteiger partial charge in [-0.1, -0.05) is 0 Å². The van der Waals surface area contributed by atoms with Gasteiger partial charge in [0.1, 0.15) is 5.82 Å². The van der Waals surface area contributed by atoms with Gasteiger partial charge < -0.3 is 29.4 Å². The van der Waals surface area contributed by atoms with E-state index in [0.717, 1.165) is 9.80 Å². The van der Waals surface area contributed by atoms with Gasteiger partial charge in [-0.05, 0) is 18.2 Å². The molecule has 0 aliphatic carbocycles. The molecular formula is C19H21N5O4. The number of amides is 1. The number of rotatable bonds is 4. The molecule has 0 atom stereocenters. The van der Waals surface area contributed by atoms with Crippen LogP contribution < -0.4 is 20.1 Å². The van der Waals surface area contributed by atoms with Crippen molar-refractivity contribution < 1.29 is 24.2 Å². The number of hydrogen-bond acceptors (Lipinski definition) is 8. The molecule has 28 heavy (non-hydrogen) atoms. The summed E-state index contributed by atoms with van der Waals surface area (Å²) in [5, 5.41) is 0.444. The van der Waals surface area contributed by atoms with Crippen LogP contribution in [0.25, 0.3) is 10.9 Å². The van der Waals surface area contributed by atoms with Crippen molar-refractivity contribution in [3.05, 3.63) is 36.3 Å². The summed E-state index contributed by atoms with van der Waals surface area (Å²) in [6, 6.07) is 6.12. The standard InChI is InChI=1S/C19H21N5O4/c1-26-15-10-12-13(11-16(15)27-2)21-19(22-17(12)20)24-7-5-23(6-8-24)18(25)14-4-3-9-28-14/h3-4,9-11H,5-8H2,1-2H3,(H2,20,21,22)/i7D2,8D2. The van der Waals surface area contributed by atoms with Crippen LogP contribution in [0.4, 0.5) is 11.8 Å². The smallest absolute Gasteiger partial charge is 0.289 e. The lowest BCUT2D eigenvalue weighted by molar-refractivity contribution is 0.0714. The van der Waals surface area contributed by atoms with E-state index in [4.69, 9.17) is 25.1 Å². The Labute approximate surface area is 167 Å². The summed E-state index contributed by atoms with van der Waals surface area (Å²) in [7, 11) is 2.93. The lowest BCUT2D eigenvalue weighted by Gasteiger charge is -2.34. The van der Waals surface area contributed by atoms with Gasteiger partial charge in [0.15, 0.2) is 17.3 Å². The maximum atomic E-state index is 12.6. The molecule has 1 amide bonds. The van der Waals surface area contributed by atoms with Crippen molar-refractivity contribution in [3.63, 3.8) is 0 Å². The number of carbonyl (C=O) groups excluding carboxylic acids is 1. The highest BCUT2D eigenvalue weighted by atomic mass is 16.5. The van der Waals surface area contributed by atoms with Crippen molar-refractivity contribution in [2.45, 2.75) is 0 Å². The van der Waals surface area contributed by atoms with E-state index in [9.17, 15) is 4.79 Å². The molecule has 9 nitrogen and oxygen atoms in total. The normalized spacial score (nSPS) is 20.1. The summed E-state index contributed by atoms with van der Waals surface area (Å²) < 4.78 is 49.7. The first-order valence-corrected chi connectivity index (χ1v) is 8.40. The molecule has 0 unspecified atom stereocenters. The van der Waals surface area contributed by atoms with Crippen LogP contribution in [0.2, 0.25) is 0 Å². The molecule has 1 aliphatic rings. The Bertz CT molecular complexity index is 1150. The quantitative estimate of drug-likeness (QED) is 0.722. The summed E-state index contributed by atoms with van der Waals surface area (Å²) in [5.74, 6) is -0.0490. The second-order valence-corrected chi connectivity index (χ2v) is 5.92. The largest absolute Gasteiger partial charge is 0.493 e. The molecule has 0 saturated carbocycles. The molecule has 2 aromatic heterocycles. The molecule has 1 saturated heterocycles. The van der Waals surface area contributed by atoms with Gasteiger partial charge in [-0.15, -0.1) is 0 Å². The maximum Gasteiger partial charge on any atom is 0.289 e. The fourth-order valence-electron chi connectivity index (χ4n) is 2.83. The van der Waals surface area contributed by atoms with E-state index in [1.807, 2.05) is 0 Å². The van der Waals surface area contributed by atoms with Gasteiger partial charge in [0, 0.05) is 37.5 Å². The lowest BCUT2D eigenvalue weighted by Crippen LogP contribution is -2.49. The topological polar surface area (TPSA) is 107 Å². The molecule has 146 valence electrons. The number of piperazine rings is 1. The number of hydrogen-bond donors (Lipinski definition) is 1. The number of nitrogens with zero attached hydrogens (tertiary/aromatic N) is 4. The third-order valence-electron chi connectivity index (χ3n) is 4.28. The summed E-state index contributed by atoms with van der Waals surface area (Å²) in [6.45, 7) is -5.56. The molecule has 3 aromatic rings.